The maximum atomic E-state index is 11.7. The SMILES string of the molecule is CO[C-]1CCCNC1.Cc1ccc(OC(F)F)cc1C.[Cr]. The zero-order valence-electron chi connectivity index (χ0n) is 12.6. The van der Waals surface area contributed by atoms with Gasteiger partial charge in [0.1, 0.15) is 5.75 Å². The molecule has 1 saturated heterocycles. The van der Waals surface area contributed by atoms with E-state index in [9.17, 15) is 8.78 Å². The molecule has 1 heterocycles. The van der Waals surface area contributed by atoms with E-state index in [0.717, 1.165) is 30.6 Å². The summed E-state index contributed by atoms with van der Waals surface area (Å²) in [5, 5.41) is 3.22. The molecule has 0 saturated carbocycles. The van der Waals surface area contributed by atoms with E-state index in [0.29, 0.717) is 0 Å². The number of methoxy groups -OCH3 is 1. The molecule has 0 amide bonds. The summed E-state index contributed by atoms with van der Waals surface area (Å²) in [4.78, 5) is 0. The van der Waals surface area contributed by atoms with Crippen molar-refractivity contribution in [2.45, 2.75) is 33.3 Å². The summed E-state index contributed by atoms with van der Waals surface area (Å²) in [5.41, 5.74) is 2.02. The third-order valence-corrected chi connectivity index (χ3v) is 3.12. The Balaban J connectivity index is 0.000000390. The fourth-order valence-electron chi connectivity index (χ4n) is 1.79. The van der Waals surface area contributed by atoms with E-state index < -0.39 is 6.61 Å². The van der Waals surface area contributed by atoms with Crippen LogP contribution in [-0.2, 0) is 22.1 Å². The fourth-order valence-corrected chi connectivity index (χ4v) is 1.79. The van der Waals surface area contributed by atoms with Crippen molar-refractivity contribution in [1.82, 2.24) is 5.32 Å². The second-order valence-corrected chi connectivity index (χ2v) is 4.65. The first-order valence-corrected chi connectivity index (χ1v) is 6.64. The van der Waals surface area contributed by atoms with Gasteiger partial charge in [-0.1, -0.05) is 12.5 Å². The van der Waals surface area contributed by atoms with Crippen molar-refractivity contribution < 1.29 is 35.6 Å². The molecule has 120 valence electrons. The Labute approximate surface area is 136 Å². The van der Waals surface area contributed by atoms with Gasteiger partial charge in [-0.25, -0.2) is 0 Å². The number of rotatable bonds is 3. The average Bonchev–Trinajstić information content (AvgIpc) is 2.44. The van der Waals surface area contributed by atoms with Crippen LogP contribution < -0.4 is 10.1 Å². The van der Waals surface area contributed by atoms with Crippen LogP contribution in [0.2, 0.25) is 0 Å². The Hall–Kier alpha value is -0.668. The molecule has 2 rings (SSSR count). The molecule has 1 aromatic rings. The maximum Gasteiger partial charge on any atom is 0.387 e. The zero-order chi connectivity index (χ0) is 15.0. The van der Waals surface area contributed by atoms with E-state index in [2.05, 4.69) is 10.1 Å². The minimum absolute atomic E-state index is 0. The number of aryl methyl sites for hydroxylation is 2. The largest absolute Gasteiger partial charge is 0.550 e. The van der Waals surface area contributed by atoms with Gasteiger partial charge in [-0.3, -0.25) is 0 Å². The molecular weight excluding hydrogens is 316 g/mol. The molecule has 1 fully saturated rings. The predicted molar refractivity (Wildman–Crippen MR) is 74.9 cm³/mol. The second-order valence-electron chi connectivity index (χ2n) is 4.65. The van der Waals surface area contributed by atoms with Crippen molar-refractivity contribution in [2.24, 2.45) is 0 Å². The van der Waals surface area contributed by atoms with Gasteiger partial charge in [-0.15, -0.1) is 6.54 Å². The Bertz CT molecular complexity index is 399. The van der Waals surface area contributed by atoms with Crippen molar-refractivity contribution >= 4 is 0 Å². The molecule has 1 aliphatic heterocycles. The number of hydrogen-bond acceptors (Lipinski definition) is 3. The first-order chi connectivity index (χ1) is 9.52. The van der Waals surface area contributed by atoms with E-state index in [4.69, 9.17) is 4.74 Å². The van der Waals surface area contributed by atoms with E-state index in [1.807, 2.05) is 13.8 Å². The van der Waals surface area contributed by atoms with Crippen molar-refractivity contribution in [3.05, 3.63) is 35.4 Å². The summed E-state index contributed by atoms with van der Waals surface area (Å²) < 4.78 is 32.7. The third kappa shape index (κ3) is 8.38. The van der Waals surface area contributed by atoms with Crippen LogP contribution >= 0.6 is 0 Å². The Morgan fingerprint density at radius 3 is 2.38 bits per heavy atom. The van der Waals surface area contributed by atoms with Crippen LogP contribution in [-0.4, -0.2) is 26.8 Å². The molecule has 6 heteroatoms. The molecule has 1 aliphatic rings. The van der Waals surface area contributed by atoms with Crippen molar-refractivity contribution in [2.75, 3.05) is 20.2 Å². The van der Waals surface area contributed by atoms with Gasteiger partial charge in [0, 0.05) is 17.4 Å². The van der Waals surface area contributed by atoms with Gasteiger partial charge in [0.05, 0.1) is 0 Å². The maximum absolute atomic E-state index is 11.7. The molecule has 0 radical (unpaired) electrons. The first-order valence-electron chi connectivity index (χ1n) is 6.64. The molecule has 21 heavy (non-hydrogen) atoms. The molecule has 0 spiro atoms. The van der Waals surface area contributed by atoms with Gasteiger partial charge >= 0.3 is 6.61 Å². The van der Waals surface area contributed by atoms with Crippen LogP contribution in [0.15, 0.2) is 18.2 Å². The number of hydrogen-bond donors (Lipinski definition) is 1. The molecular formula is C15H22CrF2NO2-. The fraction of sp³-hybridized carbons (Fsp3) is 0.533. The number of alkyl halides is 2. The minimum atomic E-state index is -2.74. The third-order valence-electron chi connectivity index (χ3n) is 3.12. The van der Waals surface area contributed by atoms with E-state index in [-0.39, 0.29) is 23.1 Å². The quantitative estimate of drug-likeness (QED) is 0.857. The molecule has 3 nitrogen and oxygen atoms in total. The van der Waals surface area contributed by atoms with E-state index in [1.54, 1.807) is 19.2 Å². The van der Waals surface area contributed by atoms with Crippen molar-refractivity contribution in [1.29, 1.82) is 0 Å². The van der Waals surface area contributed by atoms with Crippen LogP contribution in [0.4, 0.5) is 8.78 Å². The molecule has 1 N–H and O–H groups in total. The van der Waals surface area contributed by atoms with Crippen LogP contribution in [0, 0.1) is 20.0 Å². The van der Waals surface area contributed by atoms with Crippen LogP contribution in [0.3, 0.4) is 0 Å². The van der Waals surface area contributed by atoms with Crippen LogP contribution in [0.25, 0.3) is 0 Å². The number of nitrogens with one attached hydrogen (secondary N) is 1. The first kappa shape index (κ1) is 20.3. The number of ether oxygens (including phenoxy) is 2. The predicted octanol–water partition coefficient (Wildman–Crippen LogP) is 3.45. The number of halogens is 2. The van der Waals surface area contributed by atoms with E-state index in [1.165, 1.54) is 18.6 Å². The van der Waals surface area contributed by atoms with E-state index >= 15 is 0 Å². The van der Waals surface area contributed by atoms with Gasteiger partial charge in [0.2, 0.25) is 0 Å². The van der Waals surface area contributed by atoms with Gasteiger partial charge in [-0.05, 0) is 50.8 Å². The normalized spacial score (nSPS) is 15.0. The van der Waals surface area contributed by atoms with Gasteiger partial charge < -0.3 is 14.8 Å². The molecule has 1 aromatic carbocycles. The summed E-state index contributed by atoms with van der Waals surface area (Å²) in [7, 11) is 1.74. The average molecular weight is 338 g/mol. The second kappa shape index (κ2) is 11.0. The monoisotopic (exact) mass is 338 g/mol. The summed E-state index contributed by atoms with van der Waals surface area (Å²) in [5.74, 6) is 0.216. The number of piperidine rings is 1. The van der Waals surface area contributed by atoms with Gasteiger partial charge in [0.15, 0.2) is 0 Å². The summed E-state index contributed by atoms with van der Waals surface area (Å²) in [6.45, 7) is 3.13. The summed E-state index contributed by atoms with van der Waals surface area (Å²) in [6.07, 6.45) is 3.56. The molecule has 0 aliphatic carbocycles. The molecule has 0 aromatic heterocycles. The minimum Gasteiger partial charge on any atom is -0.550 e. The molecule has 0 bridgehead atoms. The summed E-state index contributed by atoms with van der Waals surface area (Å²) >= 11 is 0. The van der Waals surface area contributed by atoms with Crippen molar-refractivity contribution in [3.63, 3.8) is 0 Å². The Kier molecular flexibility index (Phi) is 10.6. The Morgan fingerprint density at radius 2 is 1.95 bits per heavy atom. The standard InChI is InChI=1S/C9H10F2O.C6H12NO.Cr/c1-6-3-4-8(5-7(6)2)12-9(10)11;1-8-6-3-2-4-7-5-6;/h3-5,9H,1-2H3;7H,2-5H2,1H3;/q;-1;. The van der Waals surface area contributed by atoms with Crippen molar-refractivity contribution in [3.8, 4) is 5.75 Å². The summed E-state index contributed by atoms with van der Waals surface area (Å²) in [6, 6.07) is 4.89. The topological polar surface area (TPSA) is 30.5 Å². The Morgan fingerprint density at radius 1 is 1.24 bits per heavy atom. The van der Waals surface area contributed by atoms with Gasteiger partial charge in [-0.2, -0.15) is 21.3 Å². The van der Waals surface area contributed by atoms with Crippen LogP contribution in [0.1, 0.15) is 24.0 Å². The van der Waals surface area contributed by atoms with Gasteiger partial charge in [0.25, 0.3) is 0 Å². The number of benzene rings is 1. The zero-order valence-corrected chi connectivity index (χ0v) is 13.9. The van der Waals surface area contributed by atoms with Crippen LogP contribution in [0.5, 0.6) is 5.75 Å². The molecule has 0 atom stereocenters. The smallest absolute Gasteiger partial charge is 0.387 e. The molecule has 0 unspecified atom stereocenters.